The van der Waals surface area contributed by atoms with Crippen LogP contribution in [0, 0.1) is 0 Å². The number of hydrogen-bond donors (Lipinski definition) is 1. The van der Waals surface area contributed by atoms with Crippen molar-refractivity contribution in [3.8, 4) is 0 Å². The highest BCUT2D eigenvalue weighted by Gasteiger charge is 1.90. The Labute approximate surface area is 55.8 Å². The lowest BCUT2D eigenvalue weighted by Gasteiger charge is -2.09. The molecule has 2 N–H and O–H groups in total. The molecule has 0 amide bonds. The van der Waals surface area contributed by atoms with Crippen LogP contribution in [0.25, 0.3) is 0 Å². The highest BCUT2D eigenvalue weighted by atomic mass is 15.4. The second-order valence-corrected chi connectivity index (χ2v) is 2.01. The minimum atomic E-state index is 0.766. The summed E-state index contributed by atoms with van der Waals surface area (Å²) in [6, 6.07) is 0. The first kappa shape index (κ1) is 8.17. The molecule has 0 rings (SSSR count). The Bertz CT molecular complexity index is 135. The van der Waals surface area contributed by atoms with Gasteiger partial charge in [-0.3, -0.25) is 0 Å². The summed E-state index contributed by atoms with van der Waals surface area (Å²) in [4.78, 5) is 4.00. The summed E-state index contributed by atoms with van der Waals surface area (Å²) in [5, 5.41) is 1.45. The van der Waals surface area contributed by atoms with Crippen molar-refractivity contribution in [3.05, 3.63) is 12.3 Å². The van der Waals surface area contributed by atoms with Crippen molar-refractivity contribution in [2.24, 2.45) is 10.8 Å². The van der Waals surface area contributed by atoms with Gasteiger partial charge in [0.2, 0.25) is 0 Å². The molecule has 0 aliphatic heterocycles. The Morgan fingerprint density at radius 1 is 1.56 bits per heavy atom. The molecule has 3 nitrogen and oxygen atoms in total. The third kappa shape index (κ3) is 3.73. The second kappa shape index (κ2) is 3.25. The van der Waals surface area contributed by atoms with Crippen molar-refractivity contribution in [3.63, 3.8) is 0 Å². The fraction of sp³-hybridized carbons (Fsp3) is 0.500. The topological polar surface area (TPSA) is 41.6 Å². The summed E-state index contributed by atoms with van der Waals surface area (Å²) >= 11 is 0. The van der Waals surface area contributed by atoms with E-state index >= 15 is 0 Å². The maximum Gasteiger partial charge on any atom is 0.115 e. The molecule has 0 aromatic rings. The van der Waals surface area contributed by atoms with Crippen LogP contribution in [0.2, 0.25) is 0 Å². The van der Waals surface area contributed by atoms with E-state index in [1.807, 2.05) is 13.8 Å². The first-order valence-electron chi connectivity index (χ1n) is 2.73. The monoisotopic (exact) mass is 127 g/mol. The Morgan fingerprint density at radius 2 is 2.00 bits per heavy atom. The van der Waals surface area contributed by atoms with Gasteiger partial charge in [0.1, 0.15) is 5.84 Å². The molecule has 9 heavy (non-hydrogen) atoms. The molecule has 3 heteroatoms. The molecule has 0 radical (unpaired) electrons. The van der Waals surface area contributed by atoms with Crippen molar-refractivity contribution >= 4 is 5.84 Å². The predicted molar refractivity (Wildman–Crippen MR) is 39.9 cm³/mol. The molecule has 0 unspecified atom stereocenters. The third-order valence-electron chi connectivity index (χ3n) is 0.863. The van der Waals surface area contributed by atoms with Crippen molar-refractivity contribution in [1.29, 1.82) is 0 Å². The predicted octanol–water partition coefficient (Wildman–Crippen LogP) is 0.744. The quantitative estimate of drug-likeness (QED) is 0.244. The Morgan fingerprint density at radius 3 is 2.11 bits per heavy atom. The van der Waals surface area contributed by atoms with Crippen LogP contribution in [-0.4, -0.2) is 17.9 Å². The number of allylic oxidation sites excluding steroid dienone is 1. The summed E-state index contributed by atoms with van der Waals surface area (Å²) < 4.78 is 0. The Hall–Kier alpha value is -0.830. The van der Waals surface area contributed by atoms with Crippen molar-refractivity contribution in [1.82, 2.24) is 5.01 Å². The molecule has 0 spiro atoms. The average Bonchev–Trinajstić information content (AvgIpc) is 1.63. The van der Waals surface area contributed by atoms with Gasteiger partial charge in [0, 0.05) is 12.7 Å². The fourth-order valence-electron chi connectivity index (χ4n) is 0.355. The van der Waals surface area contributed by atoms with Gasteiger partial charge in [0.15, 0.2) is 0 Å². The second-order valence-electron chi connectivity index (χ2n) is 2.01. The molecular formula is C6H13N3. The van der Waals surface area contributed by atoms with Crippen LogP contribution in [0.3, 0.4) is 0 Å². The summed E-state index contributed by atoms with van der Waals surface area (Å²) in [6.07, 6.45) is 0. The molecule has 0 aliphatic rings. The SMILES string of the molecule is C=C(C)/N=C(/C)N(C)N. The van der Waals surface area contributed by atoms with Crippen LogP contribution in [0.5, 0.6) is 0 Å². The summed E-state index contributed by atoms with van der Waals surface area (Å²) in [5.74, 6) is 6.11. The van der Waals surface area contributed by atoms with Crippen molar-refractivity contribution in [2.75, 3.05) is 7.05 Å². The van der Waals surface area contributed by atoms with Gasteiger partial charge >= 0.3 is 0 Å². The molecule has 0 bridgehead atoms. The summed E-state index contributed by atoms with van der Waals surface area (Å²) in [7, 11) is 1.74. The zero-order valence-electron chi connectivity index (χ0n) is 6.18. The molecule has 0 aromatic carbocycles. The zero-order valence-corrected chi connectivity index (χ0v) is 6.18. The van der Waals surface area contributed by atoms with E-state index in [0.717, 1.165) is 11.5 Å². The Balaban J connectivity index is 4.00. The highest BCUT2D eigenvalue weighted by Crippen LogP contribution is 1.90. The molecule has 0 fully saturated rings. The maximum atomic E-state index is 5.35. The molecule has 0 heterocycles. The third-order valence-corrected chi connectivity index (χ3v) is 0.863. The molecule has 0 aliphatic carbocycles. The first-order valence-corrected chi connectivity index (χ1v) is 2.73. The van der Waals surface area contributed by atoms with E-state index in [0.29, 0.717) is 0 Å². The number of aliphatic imine (C=N–C) groups is 1. The van der Waals surface area contributed by atoms with E-state index in [1.54, 1.807) is 7.05 Å². The van der Waals surface area contributed by atoms with Gasteiger partial charge in [-0.15, -0.1) is 0 Å². The smallest absolute Gasteiger partial charge is 0.115 e. The van der Waals surface area contributed by atoms with Crippen LogP contribution in [-0.2, 0) is 0 Å². The number of hydrogen-bond acceptors (Lipinski definition) is 2. The van der Waals surface area contributed by atoms with Gasteiger partial charge in [-0.2, -0.15) is 0 Å². The van der Waals surface area contributed by atoms with Crippen LogP contribution in [0.1, 0.15) is 13.8 Å². The molecule has 0 aromatic heterocycles. The normalized spacial score (nSPS) is 11.3. The van der Waals surface area contributed by atoms with E-state index < -0.39 is 0 Å². The number of nitrogens with two attached hydrogens (primary N) is 1. The van der Waals surface area contributed by atoms with E-state index in [2.05, 4.69) is 11.6 Å². The number of rotatable bonds is 1. The van der Waals surface area contributed by atoms with E-state index in [-0.39, 0.29) is 0 Å². The number of amidine groups is 1. The highest BCUT2D eigenvalue weighted by molar-refractivity contribution is 5.79. The van der Waals surface area contributed by atoms with E-state index in [4.69, 9.17) is 5.84 Å². The standard InChI is InChI=1S/C6H13N3/c1-5(2)8-6(3)9(4)7/h1,7H2,2-4H3/b8-6-. The summed E-state index contributed by atoms with van der Waals surface area (Å²) in [5.41, 5.74) is 0.768. The zero-order chi connectivity index (χ0) is 7.44. The van der Waals surface area contributed by atoms with Gasteiger partial charge in [-0.05, 0) is 13.8 Å². The van der Waals surface area contributed by atoms with Crippen LogP contribution in [0.4, 0.5) is 0 Å². The fourth-order valence-corrected chi connectivity index (χ4v) is 0.355. The van der Waals surface area contributed by atoms with Crippen molar-refractivity contribution in [2.45, 2.75) is 13.8 Å². The van der Waals surface area contributed by atoms with Crippen molar-refractivity contribution < 1.29 is 0 Å². The lowest BCUT2D eigenvalue weighted by molar-refractivity contribution is 0.534. The van der Waals surface area contributed by atoms with Crippen LogP contribution < -0.4 is 5.84 Å². The Kier molecular flexibility index (Phi) is 2.95. The lowest BCUT2D eigenvalue weighted by atomic mass is 10.5. The lowest BCUT2D eigenvalue weighted by Crippen LogP contribution is -2.30. The van der Waals surface area contributed by atoms with Gasteiger partial charge in [-0.1, -0.05) is 6.58 Å². The van der Waals surface area contributed by atoms with Gasteiger partial charge in [0.05, 0.1) is 0 Å². The number of hydrazine groups is 1. The average molecular weight is 127 g/mol. The van der Waals surface area contributed by atoms with Gasteiger partial charge in [-0.25, -0.2) is 10.8 Å². The molecular weight excluding hydrogens is 114 g/mol. The van der Waals surface area contributed by atoms with Gasteiger partial charge in [0.25, 0.3) is 0 Å². The van der Waals surface area contributed by atoms with Crippen LogP contribution >= 0.6 is 0 Å². The number of nitrogens with zero attached hydrogens (tertiary/aromatic N) is 2. The maximum absolute atomic E-state index is 5.35. The minimum Gasteiger partial charge on any atom is -0.302 e. The van der Waals surface area contributed by atoms with E-state index in [9.17, 15) is 0 Å². The van der Waals surface area contributed by atoms with Crippen LogP contribution in [0.15, 0.2) is 17.3 Å². The molecule has 52 valence electrons. The molecule has 0 atom stereocenters. The molecule has 0 saturated heterocycles. The largest absolute Gasteiger partial charge is 0.302 e. The van der Waals surface area contributed by atoms with Gasteiger partial charge < -0.3 is 5.01 Å². The minimum absolute atomic E-state index is 0.766. The first-order chi connectivity index (χ1) is 4.04. The van der Waals surface area contributed by atoms with E-state index in [1.165, 1.54) is 5.01 Å². The molecule has 0 saturated carbocycles. The summed E-state index contributed by atoms with van der Waals surface area (Å²) in [6.45, 7) is 7.26.